The number of urea groups is 1. The van der Waals surface area contributed by atoms with Crippen LogP contribution >= 0.6 is 70.5 Å². The lowest BCUT2D eigenvalue weighted by atomic mass is 10.3. The van der Waals surface area contributed by atoms with E-state index in [9.17, 15) is 9.59 Å². The molecule has 0 saturated carbocycles. The first-order chi connectivity index (χ1) is 15.8. The van der Waals surface area contributed by atoms with Crippen molar-refractivity contribution in [3.05, 3.63) is 80.3 Å². The topological polar surface area (TPSA) is 74.6 Å². The Morgan fingerprint density at radius 2 is 1.82 bits per heavy atom. The Kier molecular flexibility index (Phi) is 7.58. The molecule has 0 unspecified atom stereocenters. The molecule has 0 atom stereocenters. The molecule has 4 rings (SSSR count). The number of nitrogens with one attached hydrogen (secondary N) is 2. The van der Waals surface area contributed by atoms with Crippen LogP contribution in [-0.4, -0.2) is 21.3 Å². The third-order valence-electron chi connectivity index (χ3n) is 4.09. The zero-order valence-corrected chi connectivity index (χ0v) is 21.0. The average molecular weight is 557 g/mol. The van der Waals surface area contributed by atoms with Gasteiger partial charge in [0.2, 0.25) is 0 Å². The Balaban J connectivity index is 1.40. The largest absolute Gasteiger partial charge is 0.450 e. The van der Waals surface area contributed by atoms with Gasteiger partial charge in [0.25, 0.3) is 5.91 Å². The summed E-state index contributed by atoms with van der Waals surface area (Å²) < 4.78 is 5.96. The highest BCUT2D eigenvalue weighted by atomic mass is 35.5. The number of thiocarbonyl (C=S) groups is 1. The Hall–Kier alpha value is -2.14. The van der Waals surface area contributed by atoms with E-state index in [0.717, 1.165) is 21.7 Å². The molecule has 0 spiro atoms. The first-order valence-electron chi connectivity index (χ1n) is 9.12. The van der Waals surface area contributed by atoms with Gasteiger partial charge in [-0.2, -0.15) is 5.01 Å². The number of nitrogens with zero attached hydrogens (tertiary/aromatic N) is 1. The van der Waals surface area contributed by atoms with E-state index in [1.165, 1.54) is 17.8 Å². The number of amides is 3. The molecule has 2 heterocycles. The molecule has 1 aliphatic heterocycles. The van der Waals surface area contributed by atoms with Crippen LogP contribution in [0.1, 0.15) is 5.76 Å². The summed E-state index contributed by atoms with van der Waals surface area (Å²) in [7, 11) is 0. The lowest BCUT2D eigenvalue weighted by Gasteiger charge is -2.16. The Morgan fingerprint density at radius 1 is 1.06 bits per heavy atom. The number of thioether (sulfide) groups is 1. The van der Waals surface area contributed by atoms with E-state index in [1.54, 1.807) is 42.5 Å². The lowest BCUT2D eigenvalue weighted by molar-refractivity contribution is -0.123. The van der Waals surface area contributed by atoms with E-state index in [1.807, 2.05) is 12.1 Å². The first kappa shape index (κ1) is 24.0. The summed E-state index contributed by atoms with van der Waals surface area (Å²) in [5.41, 5.74) is 2.84. The van der Waals surface area contributed by atoms with Crippen molar-refractivity contribution in [1.29, 1.82) is 0 Å². The molecule has 1 aromatic heterocycles. The number of furan rings is 1. The van der Waals surface area contributed by atoms with E-state index >= 15 is 0 Å². The molecule has 2 N–H and O–H groups in total. The van der Waals surface area contributed by atoms with Gasteiger partial charge in [0.05, 0.1) is 15.0 Å². The molecule has 1 aliphatic rings. The summed E-state index contributed by atoms with van der Waals surface area (Å²) in [6, 6.07) is 14.9. The van der Waals surface area contributed by atoms with Gasteiger partial charge < -0.3 is 9.73 Å². The maximum absolute atomic E-state index is 12.7. The van der Waals surface area contributed by atoms with E-state index < -0.39 is 11.9 Å². The van der Waals surface area contributed by atoms with Crippen LogP contribution in [0, 0.1) is 0 Å². The third-order valence-corrected chi connectivity index (χ3v) is 7.31. The average Bonchev–Trinajstić information content (AvgIpc) is 3.32. The van der Waals surface area contributed by atoms with Crippen molar-refractivity contribution in [2.24, 2.45) is 0 Å². The molecular weight excluding hydrogens is 545 g/mol. The maximum Gasteiger partial charge on any atom is 0.338 e. The van der Waals surface area contributed by atoms with Gasteiger partial charge in [-0.25, -0.2) is 10.2 Å². The third kappa shape index (κ3) is 6.06. The molecule has 3 amide bonds. The van der Waals surface area contributed by atoms with Gasteiger partial charge in [-0.05, 0) is 66.8 Å². The number of hydrogen-bond acceptors (Lipinski definition) is 6. The Bertz CT molecular complexity index is 1280. The fourth-order valence-corrected chi connectivity index (χ4v) is 4.98. The van der Waals surface area contributed by atoms with Crippen LogP contribution in [0.3, 0.4) is 0 Å². The number of anilines is 1. The minimum absolute atomic E-state index is 0.179. The predicted molar refractivity (Wildman–Crippen MR) is 138 cm³/mol. The summed E-state index contributed by atoms with van der Waals surface area (Å²) in [6.07, 6.45) is 1.57. The van der Waals surface area contributed by atoms with E-state index in [2.05, 4.69) is 10.7 Å². The molecule has 1 fully saturated rings. The second-order valence-electron chi connectivity index (χ2n) is 6.42. The zero-order valence-electron chi connectivity index (χ0n) is 16.3. The summed E-state index contributed by atoms with van der Waals surface area (Å²) in [4.78, 5) is 26.3. The first-order valence-corrected chi connectivity index (χ1v) is 12.3. The smallest absolute Gasteiger partial charge is 0.338 e. The molecule has 3 aromatic rings. The van der Waals surface area contributed by atoms with Crippen molar-refractivity contribution >= 4 is 98.6 Å². The maximum atomic E-state index is 12.7. The highest BCUT2D eigenvalue weighted by molar-refractivity contribution is 8.26. The van der Waals surface area contributed by atoms with Gasteiger partial charge in [0, 0.05) is 21.7 Å². The molecule has 12 heteroatoms. The molecule has 168 valence electrons. The zero-order chi connectivity index (χ0) is 23.5. The number of carbonyl (C=O) groups excluding carboxylic acids is 2. The monoisotopic (exact) mass is 555 g/mol. The van der Waals surface area contributed by atoms with Gasteiger partial charge in [0.15, 0.2) is 9.41 Å². The number of rotatable bonds is 5. The molecular formula is C21H12Cl3N3O3S3. The number of benzene rings is 2. The normalized spacial score (nSPS) is 14.8. The minimum Gasteiger partial charge on any atom is -0.450 e. The minimum atomic E-state index is -0.661. The Labute approximate surface area is 217 Å². The van der Waals surface area contributed by atoms with Gasteiger partial charge >= 0.3 is 6.03 Å². The standard InChI is InChI=1S/C21H12Cl3N3O3S3/c22-11-1-5-14(6-2-11)32-18-8-4-13(30-18)10-17-19(28)27(21(31)33-17)26-20(29)25-12-3-7-15(23)16(24)9-12/h1-10H,(H2,25,26,29)/b17-10-. The fourth-order valence-electron chi connectivity index (χ4n) is 2.61. The van der Waals surface area contributed by atoms with Crippen LogP contribution in [0.2, 0.25) is 15.1 Å². The number of hydrazine groups is 1. The van der Waals surface area contributed by atoms with Crippen molar-refractivity contribution in [3.8, 4) is 0 Å². The Morgan fingerprint density at radius 3 is 2.55 bits per heavy atom. The van der Waals surface area contributed by atoms with Crippen molar-refractivity contribution in [1.82, 2.24) is 10.4 Å². The molecule has 33 heavy (non-hydrogen) atoms. The van der Waals surface area contributed by atoms with Crippen molar-refractivity contribution in [3.63, 3.8) is 0 Å². The van der Waals surface area contributed by atoms with E-state index in [0.29, 0.717) is 31.5 Å². The van der Waals surface area contributed by atoms with Gasteiger partial charge in [-0.3, -0.25) is 4.79 Å². The molecule has 1 saturated heterocycles. The highest BCUT2D eigenvalue weighted by Crippen LogP contribution is 2.34. The van der Waals surface area contributed by atoms with Gasteiger partial charge in [-0.1, -0.05) is 58.3 Å². The number of halogens is 3. The van der Waals surface area contributed by atoms with Crippen molar-refractivity contribution in [2.75, 3.05) is 5.32 Å². The molecule has 2 aromatic carbocycles. The van der Waals surface area contributed by atoms with Crippen LogP contribution in [0.25, 0.3) is 6.08 Å². The SMILES string of the molecule is O=C(Nc1ccc(Cl)c(Cl)c1)NN1C(=O)/C(=C/c2ccc(Sc3ccc(Cl)cc3)o2)SC1=S. The number of carbonyl (C=O) groups is 2. The number of hydrogen-bond donors (Lipinski definition) is 2. The van der Waals surface area contributed by atoms with Crippen molar-refractivity contribution < 1.29 is 14.0 Å². The van der Waals surface area contributed by atoms with E-state index in [-0.39, 0.29) is 9.34 Å². The van der Waals surface area contributed by atoms with Crippen molar-refractivity contribution in [2.45, 2.75) is 9.99 Å². The van der Waals surface area contributed by atoms with Gasteiger partial charge in [0.1, 0.15) is 5.76 Å². The predicted octanol–water partition coefficient (Wildman–Crippen LogP) is 7.33. The van der Waals surface area contributed by atoms with Crippen LogP contribution in [-0.2, 0) is 4.79 Å². The summed E-state index contributed by atoms with van der Waals surface area (Å²) in [5, 5.41) is 5.51. The molecule has 0 radical (unpaired) electrons. The highest BCUT2D eigenvalue weighted by Gasteiger charge is 2.34. The lowest BCUT2D eigenvalue weighted by Crippen LogP contribution is -2.46. The summed E-state index contributed by atoms with van der Waals surface area (Å²) in [6.45, 7) is 0. The molecule has 0 bridgehead atoms. The fraction of sp³-hybridized carbons (Fsp3) is 0. The molecule has 6 nitrogen and oxygen atoms in total. The second-order valence-corrected chi connectivity index (χ2v) is 10.4. The van der Waals surface area contributed by atoms with Crippen LogP contribution in [0.15, 0.2) is 73.9 Å². The van der Waals surface area contributed by atoms with Crippen LogP contribution in [0.5, 0.6) is 0 Å². The van der Waals surface area contributed by atoms with Crippen LogP contribution in [0.4, 0.5) is 10.5 Å². The second kappa shape index (κ2) is 10.4. The quantitative estimate of drug-likeness (QED) is 0.253. The summed E-state index contributed by atoms with van der Waals surface area (Å²) >= 11 is 25.4. The molecule has 0 aliphatic carbocycles. The summed E-state index contributed by atoms with van der Waals surface area (Å²) in [5.74, 6) is 0.00446. The van der Waals surface area contributed by atoms with Crippen LogP contribution < -0.4 is 10.7 Å². The van der Waals surface area contributed by atoms with Gasteiger partial charge in [-0.15, -0.1) is 0 Å². The van der Waals surface area contributed by atoms with E-state index in [4.69, 9.17) is 51.4 Å².